The third kappa shape index (κ3) is 7.12. The molecule has 2 aromatic carbocycles. The Bertz CT molecular complexity index is 2110. The summed E-state index contributed by atoms with van der Waals surface area (Å²) in [7, 11) is 0. The molecule has 2 N–H and O–H groups in total. The minimum atomic E-state index is -0.530. The van der Waals surface area contributed by atoms with E-state index < -0.39 is 11.3 Å². The molecule has 46 heavy (non-hydrogen) atoms. The fourth-order valence-electron chi connectivity index (χ4n) is 4.79. The van der Waals surface area contributed by atoms with Crippen LogP contribution in [0.25, 0.3) is 22.2 Å². The minimum Gasteiger partial charge on any atom is -0.460 e. The number of hydrogen-bond acceptors (Lipinski definition) is 10. The van der Waals surface area contributed by atoms with Gasteiger partial charge in [-0.3, -0.25) is 19.6 Å². The van der Waals surface area contributed by atoms with Crippen molar-refractivity contribution in [1.82, 2.24) is 19.9 Å². The number of aromatic nitrogens is 4. The van der Waals surface area contributed by atoms with Crippen molar-refractivity contribution >= 4 is 22.2 Å². The summed E-state index contributed by atoms with van der Waals surface area (Å²) < 4.78 is 21.2. The first-order valence-electron chi connectivity index (χ1n) is 14.7. The summed E-state index contributed by atoms with van der Waals surface area (Å²) in [5.41, 5.74) is 3.52. The smallest absolute Gasteiger partial charge is 0.337 e. The highest BCUT2D eigenvalue weighted by Crippen LogP contribution is 2.17. The normalized spacial score (nSPS) is 10.9. The Morgan fingerprint density at radius 3 is 1.37 bits per heavy atom. The van der Waals surface area contributed by atoms with E-state index in [1.165, 1.54) is 12.1 Å². The molecule has 0 aliphatic heterocycles. The summed E-state index contributed by atoms with van der Waals surface area (Å²) in [5, 5.41) is 0.575. The molecule has 0 aliphatic carbocycles. The van der Waals surface area contributed by atoms with Crippen molar-refractivity contribution in [2.45, 2.75) is 53.8 Å². The van der Waals surface area contributed by atoms with Gasteiger partial charge >= 0.3 is 11.3 Å². The quantitative estimate of drug-likeness (QED) is 0.243. The van der Waals surface area contributed by atoms with Gasteiger partial charge in [0.25, 0.3) is 23.1 Å². The van der Waals surface area contributed by atoms with E-state index in [1.807, 2.05) is 76.2 Å². The van der Waals surface area contributed by atoms with Crippen LogP contribution in [0.2, 0.25) is 0 Å². The van der Waals surface area contributed by atoms with E-state index in [4.69, 9.17) is 18.3 Å². The maximum Gasteiger partial charge on any atom is 0.337 e. The summed E-state index contributed by atoms with van der Waals surface area (Å²) in [5.74, 6) is 0. The van der Waals surface area contributed by atoms with Gasteiger partial charge in [-0.15, -0.1) is 0 Å². The molecular weight excluding hydrogens is 592 g/mol. The molecule has 12 heteroatoms. The molecule has 236 valence electrons. The lowest BCUT2D eigenvalue weighted by molar-refractivity contribution is 0.278. The molecule has 0 aliphatic rings. The standard InChI is InChI=1S/2C17H16N2O4/c2*1-3-11-8-13(20)23-16-14(11)15(21)18-17(19-16)22-9-12-7-5-4-6-10(12)2/h2*4-8H,3,9H2,1-2H3,(H,18,19,21). The van der Waals surface area contributed by atoms with E-state index in [9.17, 15) is 19.2 Å². The number of H-pyrrole nitrogens is 2. The molecule has 0 fully saturated rings. The molecule has 0 atom stereocenters. The van der Waals surface area contributed by atoms with Gasteiger partial charge in [-0.1, -0.05) is 62.4 Å². The first-order chi connectivity index (χ1) is 22.2. The maximum absolute atomic E-state index is 12.2. The van der Waals surface area contributed by atoms with Crippen molar-refractivity contribution in [3.05, 3.63) is 136 Å². The number of nitrogens with one attached hydrogen (secondary N) is 2. The highest BCUT2D eigenvalue weighted by Gasteiger charge is 2.14. The fourth-order valence-corrected chi connectivity index (χ4v) is 4.79. The first kappa shape index (κ1) is 31.6. The van der Waals surface area contributed by atoms with Crippen molar-refractivity contribution < 1.29 is 18.3 Å². The summed E-state index contributed by atoms with van der Waals surface area (Å²) in [6, 6.07) is 18.2. The zero-order valence-corrected chi connectivity index (χ0v) is 25.8. The largest absolute Gasteiger partial charge is 0.460 e. The molecule has 0 saturated carbocycles. The van der Waals surface area contributed by atoms with Crippen molar-refractivity contribution in [2.75, 3.05) is 0 Å². The van der Waals surface area contributed by atoms with E-state index in [0.717, 1.165) is 22.3 Å². The van der Waals surface area contributed by atoms with Gasteiger partial charge in [0.1, 0.15) is 24.0 Å². The lowest BCUT2D eigenvalue weighted by Crippen LogP contribution is -2.15. The van der Waals surface area contributed by atoms with Crippen LogP contribution >= 0.6 is 0 Å². The maximum atomic E-state index is 12.2. The summed E-state index contributed by atoms with van der Waals surface area (Å²) >= 11 is 0. The number of hydrogen-bond donors (Lipinski definition) is 2. The predicted octanol–water partition coefficient (Wildman–Crippen LogP) is 4.65. The molecule has 0 radical (unpaired) electrons. The van der Waals surface area contributed by atoms with Crippen LogP contribution in [0.1, 0.15) is 47.2 Å². The van der Waals surface area contributed by atoms with Gasteiger partial charge in [-0.25, -0.2) is 9.59 Å². The van der Waals surface area contributed by atoms with E-state index in [-0.39, 0.29) is 58.6 Å². The van der Waals surface area contributed by atoms with Crippen LogP contribution in [-0.2, 0) is 26.1 Å². The molecule has 4 aromatic heterocycles. The lowest BCUT2D eigenvalue weighted by Gasteiger charge is -2.08. The third-order valence-electron chi connectivity index (χ3n) is 7.36. The Balaban J connectivity index is 0.000000181. The Hall–Kier alpha value is -5.78. The number of aromatic amines is 2. The van der Waals surface area contributed by atoms with Crippen LogP contribution < -0.4 is 31.8 Å². The third-order valence-corrected chi connectivity index (χ3v) is 7.36. The number of rotatable bonds is 8. The SMILES string of the molecule is CCc1cc(=O)oc2nc(OCc3ccccc3C)[nH]c(=O)c12.CCc1cc(=O)oc2nc(OCc3ccccc3C)[nH]c(=O)c12. The Morgan fingerprint density at radius 2 is 1.00 bits per heavy atom. The van der Waals surface area contributed by atoms with E-state index >= 15 is 0 Å². The van der Waals surface area contributed by atoms with Crippen LogP contribution in [-0.4, -0.2) is 19.9 Å². The van der Waals surface area contributed by atoms with Gasteiger partial charge in [-0.05, 0) is 60.1 Å². The van der Waals surface area contributed by atoms with Gasteiger partial charge in [0, 0.05) is 12.1 Å². The molecule has 12 nitrogen and oxygen atoms in total. The van der Waals surface area contributed by atoms with Gasteiger partial charge in [0.05, 0.1) is 0 Å². The number of aryl methyl sites for hydroxylation is 4. The number of nitrogens with zero attached hydrogens (tertiary/aromatic N) is 2. The first-order valence-corrected chi connectivity index (χ1v) is 14.7. The predicted molar refractivity (Wildman–Crippen MR) is 172 cm³/mol. The van der Waals surface area contributed by atoms with E-state index in [0.29, 0.717) is 24.0 Å². The van der Waals surface area contributed by atoms with Gasteiger partial charge in [0.15, 0.2) is 0 Å². The molecule has 6 rings (SSSR count). The number of fused-ring (bicyclic) bond motifs is 2. The molecular formula is C34H32N4O8. The second-order valence-electron chi connectivity index (χ2n) is 10.4. The Kier molecular flexibility index (Phi) is 9.55. The second-order valence-corrected chi connectivity index (χ2v) is 10.4. The molecule has 0 amide bonds. The van der Waals surface area contributed by atoms with Crippen LogP contribution in [0.5, 0.6) is 12.0 Å². The highest BCUT2D eigenvalue weighted by atomic mass is 16.5. The van der Waals surface area contributed by atoms with Crippen LogP contribution in [0, 0.1) is 13.8 Å². The molecule has 4 heterocycles. The van der Waals surface area contributed by atoms with Crippen LogP contribution in [0.3, 0.4) is 0 Å². The topological polar surface area (TPSA) is 170 Å². The summed E-state index contributed by atoms with van der Waals surface area (Å²) in [4.78, 5) is 60.9. The molecule has 6 aromatic rings. The van der Waals surface area contributed by atoms with E-state index in [1.54, 1.807) is 0 Å². The Labute approximate surface area is 261 Å². The van der Waals surface area contributed by atoms with Gasteiger partial charge in [-0.2, -0.15) is 9.97 Å². The van der Waals surface area contributed by atoms with Crippen LogP contribution in [0.15, 0.2) is 88.7 Å². The number of ether oxygens (including phenoxy) is 2. The average molecular weight is 625 g/mol. The van der Waals surface area contributed by atoms with Crippen molar-refractivity contribution in [3.8, 4) is 12.0 Å². The summed E-state index contributed by atoms with van der Waals surface area (Å²) in [6.45, 7) is 8.19. The molecule has 0 saturated heterocycles. The molecule has 0 spiro atoms. The lowest BCUT2D eigenvalue weighted by atomic mass is 10.1. The number of benzene rings is 2. The Morgan fingerprint density at radius 1 is 0.609 bits per heavy atom. The molecule has 0 unspecified atom stereocenters. The highest BCUT2D eigenvalue weighted by molar-refractivity contribution is 5.76. The summed E-state index contributed by atoms with van der Waals surface area (Å²) in [6.07, 6.45) is 1.08. The van der Waals surface area contributed by atoms with Gasteiger partial charge < -0.3 is 18.3 Å². The van der Waals surface area contributed by atoms with Crippen LogP contribution in [0.4, 0.5) is 0 Å². The van der Waals surface area contributed by atoms with Crippen molar-refractivity contribution in [3.63, 3.8) is 0 Å². The minimum absolute atomic E-state index is 0.00196. The zero-order valence-electron chi connectivity index (χ0n) is 25.8. The zero-order chi connectivity index (χ0) is 32.8. The van der Waals surface area contributed by atoms with Crippen molar-refractivity contribution in [2.24, 2.45) is 0 Å². The average Bonchev–Trinajstić information content (AvgIpc) is 3.03. The van der Waals surface area contributed by atoms with Crippen molar-refractivity contribution in [1.29, 1.82) is 0 Å². The monoisotopic (exact) mass is 624 g/mol. The molecule has 0 bridgehead atoms. The van der Waals surface area contributed by atoms with Gasteiger partial charge in [0.2, 0.25) is 11.4 Å². The van der Waals surface area contributed by atoms with E-state index in [2.05, 4.69) is 19.9 Å². The second kappa shape index (κ2) is 13.9. The fraction of sp³-hybridized carbons (Fsp3) is 0.235.